The first-order valence-electron chi connectivity index (χ1n) is 11.0. The highest BCUT2D eigenvalue weighted by Crippen LogP contribution is 2.38. The number of nitrogens with zero attached hydrogens (tertiary/aromatic N) is 2. The molecule has 4 unspecified atom stereocenters. The predicted molar refractivity (Wildman–Crippen MR) is 121 cm³/mol. The number of aliphatic imine (C=N–C) groups is 1. The van der Waals surface area contributed by atoms with Gasteiger partial charge in [0.15, 0.2) is 11.5 Å². The number of aromatic nitrogens is 1. The molecule has 174 valence electrons. The van der Waals surface area contributed by atoms with Crippen molar-refractivity contribution in [2.75, 3.05) is 5.73 Å². The van der Waals surface area contributed by atoms with Crippen LogP contribution in [0.5, 0.6) is 0 Å². The Morgan fingerprint density at radius 2 is 1.88 bits per heavy atom. The van der Waals surface area contributed by atoms with Crippen LogP contribution in [-0.2, 0) is 0 Å². The van der Waals surface area contributed by atoms with Gasteiger partial charge in [0.1, 0.15) is 17.3 Å². The lowest BCUT2D eigenvalue weighted by molar-refractivity contribution is 0.0949. The largest absolute Gasteiger partial charge is 0.397 e. The van der Waals surface area contributed by atoms with Crippen LogP contribution in [0.3, 0.4) is 0 Å². The van der Waals surface area contributed by atoms with Gasteiger partial charge in [-0.2, -0.15) is 0 Å². The smallest absolute Gasteiger partial charge is 0.276 e. The maximum atomic E-state index is 14.5. The van der Waals surface area contributed by atoms with E-state index in [1.165, 1.54) is 0 Å². The Kier molecular flexibility index (Phi) is 6.51. The van der Waals surface area contributed by atoms with Gasteiger partial charge in [-0.1, -0.05) is 19.4 Å². The molecular weight excluding hydrogens is 431 g/mol. The number of halogens is 3. The van der Waals surface area contributed by atoms with E-state index >= 15 is 0 Å². The highest BCUT2D eigenvalue weighted by Gasteiger charge is 2.35. The predicted octanol–water partition coefficient (Wildman–Crippen LogP) is 4.17. The second kappa shape index (κ2) is 9.35. The van der Waals surface area contributed by atoms with Crippen LogP contribution in [-0.4, -0.2) is 23.1 Å². The molecule has 2 aromatic rings. The second-order valence-corrected chi connectivity index (χ2v) is 8.76. The fourth-order valence-corrected chi connectivity index (χ4v) is 4.89. The summed E-state index contributed by atoms with van der Waals surface area (Å²) in [5.41, 5.74) is 10.8. The summed E-state index contributed by atoms with van der Waals surface area (Å²) in [7, 11) is 0. The fourth-order valence-electron chi connectivity index (χ4n) is 4.89. The number of hydrogen-bond acceptors (Lipinski definition) is 5. The molecular formula is C24H26F3N5O. The first-order valence-corrected chi connectivity index (χ1v) is 11.0. The number of carbonyl (C=O) groups excluding carboxylic acids is 1. The molecule has 33 heavy (non-hydrogen) atoms. The minimum Gasteiger partial charge on any atom is -0.397 e. The molecule has 9 heteroatoms. The monoisotopic (exact) mass is 457 g/mol. The molecule has 1 saturated carbocycles. The minimum absolute atomic E-state index is 0.0112. The maximum absolute atomic E-state index is 14.5. The van der Waals surface area contributed by atoms with Gasteiger partial charge in [-0.15, -0.1) is 0 Å². The minimum atomic E-state index is -1.03. The van der Waals surface area contributed by atoms with E-state index in [2.05, 4.69) is 15.3 Å². The number of allylic oxidation sites excluding steroid dienone is 1. The number of nitrogen functional groups attached to an aromatic ring is 1. The van der Waals surface area contributed by atoms with Crippen LogP contribution in [0.25, 0.3) is 11.3 Å². The number of rotatable bonds is 4. The number of amides is 1. The fraction of sp³-hybridized carbons (Fsp3) is 0.375. The molecule has 0 radical (unpaired) electrons. The zero-order chi connectivity index (χ0) is 23.7. The average Bonchev–Trinajstić information content (AvgIpc) is 2.75. The van der Waals surface area contributed by atoms with Crippen molar-refractivity contribution in [3.05, 3.63) is 59.3 Å². The number of carbonyl (C=O) groups is 1. The molecule has 4 atom stereocenters. The highest BCUT2D eigenvalue weighted by atomic mass is 19.1. The van der Waals surface area contributed by atoms with Crippen LogP contribution in [0.1, 0.15) is 43.1 Å². The molecule has 1 aliphatic carbocycles. The number of nitrogens with two attached hydrogens (primary N) is 2. The highest BCUT2D eigenvalue weighted by molar-refractivity contribution is 5.99. The van der Waals surface area contributed by atoms with E-state index in [4.69, 9.17) is 11.5 Å². The Morgan fingerprint density at radius 1 is 1.15 bits per heavy atom. The summed E-state index contributed by atoms with van der Waals surface area (Å²) < 4.78 is 43.0. The lowest BCUT2D eigenvalue weighted by Gasteiger charge is -2.37. The van der Waals surface area contributed by atoms with Gasteiger partial charge in [0.25, 0.3) is 5.91 Å². The Hall–Kier alpha value is -3.20. The number of benzene rings is 1. The summed E-state index contributed by atoms with van der Waals surface area (Å²) in [5, 5.41) is 2.81. The van der Waals surface area contributed by atoms with Gasteiger partial charge in [-0.25, -0.2) is 18.2 Å². The van der Waals surface area contributed by atoms with Crippen molar-refractivity contribution < 1.29 is 18.0 Å². The van der Waals surface area contributed by atoms with E-state index in [9.17, 15) is 18.0 Å². The summed E-state index contributed by atoms with van der Waals surface area (Å²) in [4.78, 5) is 21.3. The van der Waals surface area contributed by atoms with Crippen molar-refractivity contribution in [3.63, 3.8) is 0 Å². The third-order valence-electron chi connectivity index (χ3n) is 6.40. The Morgan fingerprint density at radius 3 is 2.58 bits per heavy atom. The van der Waals surface area contributed by atoms with Crippen LogP contribution >= 0.6 is 0 Å². The topological polar surface area (TPSA) is 106 Å². The van der Waals surface area contributed by atoms with Gasteiger partial charge >= 0.3 is 0 Å². The number of nitrogens with one attached hydrogen (secondary N) is 1. The molecule has 1 aliphatic heterocycles. The van der Waals surface area contributed by atoms with Crippen LogP contribution in [0.2, 0.25) is 0 Å². The Balaban J connectivity index is 1.65. The summed E-state index contributed by atoms with van der Waals surface area (Å²) in [6, 6.07) is 4.09. The van der Waals surface area contributed by atoms with E-state index in [1.807, 2.05) is 13.1 Å². The molecule has 6 nitrogen and oxygen atoms in total. The lowest BCUT2D eigenvalue weighted by atomic mass is 9.71. The van der Waals surface area contributed by atoms with Crippen LogP contribution < -0.4 is 16.8 Å². The molecule has 5 N–H and O–H groups in total. The molecule has 1 amide bonds. The Labute approximate surface area is 190 Å². The van der Waals surface area contributed by atoms with E-state index < -0.39 is 34.6 Å². The number of anilines is 1. The zero-order valence-electron chi connectivity index (χ0n) is 18.2. The first-order chi connectivity index (χ1) is 15.8. The molecule has 0 saturated heterocycles. The normalized spacial score (nSPS) is 24.9. The summed E-state index contributed by atoms with van der Waals surface area (Å²) in [6.45, 7) is 2.02. The van der Waals surface area contributed by atoms with E-state index in [-0.39, 0.29) is 35.2 Å². The zero-order valence-corrected chi connectivity index (χ0v) is 18.2. The van der Waals surface area contributed by atoms with Crippen LogP contribution in [0.4, 0.5) is 18.9 Å². The van der Waals surface area contributed by atoms with Crippen molar-refractivity contribution in [2.45, 2.75) is 38.6 Å². The van der Waals surface area contributed by atoms with Crippen molar-refractivity contribution >= 4 is 17.8 Å². The van der Waals surface area contributed by atoms with Crippen molar-refractivity contribution in [3.8, 4) is 11.3 Å². The van der Waals surface area contributed by atoms with Crippen molar-refractivity contribution in [1.82, 2.24) is 10.3 Å². The number of pyridine rings is 1. The first kappa shape index (κ1) is 23.0. The standard InChI is InChI=1S/C24H26F3N5O/c1-12-10-30-11-19(20(12)13-4-2-5-14(28)8-13)31-24(33)23-18(29)9-17(27)22(32-23)21-15(25)6-3-7-16(21)26/h3,6-7,9-14,20H,2,4-5,8,28-29H2,1H3,(H,31,33). The molecule has 1 fully saturated rings. The quantitative estimate of drug-likeness (QED) is 0.641. The molecule has 0 spiro atoms. The third kappa shape index (κ3) is 4.64. The van der Waals surface area contributed by atoms with E-state index in [0.717, 1.165) is 49.9 Å². The van der Waals surface area contributed by atoms with Gasteiger partial charge < -0.3 is 16.8 Å². The van der Waals surface area contributed by atoms with Gasteiger partial charge in [-0.05, 0) is 37.3 Å². The van der Waals surface area contributed by atoms with Crippen molar-refractivity contribution in [1.29, 1.82) is 0 Å². The average molecular weight is 458 g/mol. The van der Waals surface area contributed by atoms with Gasteiger partial charge in [0, 0.05) is 42.1 Å². The van der Waals surface area contributed by atoms with Crippen LogP contribution in [0, 0.1) is 35.2 Å². The molecule has 1 aromatic heterocycles. The van der Waals surface area contributed by atoms with Gasteiger partial charge in [0.05, 0.1) is 11.3 Å². The van der Waals surface area contributed by atoms with Gasteiger partial charge in [-0.3, -0.25) is 9.79 Å². The van der Waals surface area contributed by atoms with E-state index in [0.29, 0.717) is 5.70 Å². The summed E-state index contributed by atoms with van der Waals surface area (Å²) >= 11 is 0. The number of hydrogen-bond donors (Lipinski definition) is 3. The van der Waals surface area contributed by atoms with Gasteiger partial charge in [0.2, 0.25) is 0 Å². The molecule has 0 bridgehead atoms. The second-order valence-electron chi connectivity index (χ2n) is 8.76. The van der Waals surface area contributed by atoms with E-state index in [1.54, 1.807) is 6.20 Å². The molecule has 2 heterocycles. The third-order valence-corrected chi connectivity index (χ3v) is 6.40. The Bertz CT molecular complexity index is 1110. The summed E-state index contributed by atoms with van der Waals surface area (Å²) in [5.74, 6) is -3.40. The summed E-state index contributed by atoms with van der Waals surface area (Å²) in [6.07, 6.45) is 7.23. The molecule has 2 aliphatic rings. The molecule has 1 aromatic carbocycles. The van der Waals surface area contributed by atoms with Crippen molar-refractivity contribution in [2.24, 2.45) is 28.5 Å². The maximum Gasteiger partial charge on any atom is 0.276 e. The SMILES string of the molecule is CC1C=NC=C(NC(=O)c2nc(-c3c(F)cccc3F)c(F)cc2N)C1C1CCCC(N)C1. The lowest BCUT2D eigenvalue weighted by Crippen LogP contribution is -2.40. The molecule has 4 rings (SSSR count). The van der Waals surface area contributed by atoms with Crippen LogP contribution in [0.15, 0.2) is 41.2 Å².